The van der Waals surface area contributed by atoms with Crippen LogP contribution in [0.4, 0.5) is 22.9 Å². The lowest BCUT2D eigenvalue weighted by atomic mass is 10.1. The molecule has 2 aromatic carbocycles. The van der Waals surface area contributed by atoms with Crippen LogP contribution in [-0.2, 0) is 6.54 Å². The Morgan fingerprint density at radius 2 is 1.88 bits per heavy atom. The van der Waals surface area contributed by atoms with Crippen molar-refractivity contribution in [2.75, 3.05) is 16.8 Å². The average molecular weight is 332 g/mol. The zero-order chi connectivity index (χ0) is 17.8. The fourth-order valence-corrected chi connectivity index (χ4v) is 2.35. The Morgan fingerprint density at radius 1 is 1.16 bits per heavy atom. The number of rotatable bonds is 4. The topological polar surface area (TPSA) is 103 Å². The molecule has 25 heavy (non-hydrogen) atoms. The van der Waals surface area contributed by atoms with Crippen molar-refractivity contribution >= 4 is 28.8 Å². The van der Waals surface area contributed by atoms with Gasteiger partial charge in [-0.2, -0.15) is 5.10 Å². The fourth-order valence-electron chi connectivity index (χ4n) is 2.35. The number of nitrogens with two attached hydrogens (primary N) is 2. The second kappa shape index (κ2) is 6.76. The molecule has 0 radical (unpaired) electrons. The van der Waals surface area contributed by atoms with Gasteiger partial charge in [-0.1, -0.05) is 24.3 Å². The lowest BCUT2D eigenvalue weighted by Crippen LogP contribution is -2.13. The van der Waals surface area contributed by atoms with Crippen molar-refractivity contribution in [1.29, 1.82) is 0 Å². The van der Waals surface area contributed by atoms with Gasteiger partial charge in [0.15, 0.2) is 5.82 Å². The molecule has 7 heteroatoms. The predicted molar refractivity (Wildman–Crippen MR) is 97.3 cm³/mol. The standard InChI is InChI=1S/C18H16N6O/c1-21-16-11-24(23-17(16)20)10-12-6-8-13(9-7-12)18(25)22-15-5-3-2-4-14(15)19/h2-9,11H,10,19H2,(H2,20,23)(H,22,25). The van der Waals surface area contributed by atoms with Crippen molar-refractivity contribution in [3.05, 3.63) is 77.3 Å². The fraction of sp³-hybridized carbons (Fsp3) is 0.0556. The zero-order valence-corrected chi connectivity index (χ0v) is 13.3. The first-order valence-corrected chi connectivity index (χ1v) is 7.52. The van der Waals surface area contributed by atoms with Crippen LogP contribution in [0.1, 0.15) is 15.9 Å². The van der Waals surface area contributed by atoms with Crippen LogP contribution >= 0.6 is 0 Å². The number of benzene rings is 2. The molecule has 7 nitrogen and oxygen atoms in total. The summed E-state index contributed by atoms with van der Waals surface area (Å²) < 4.78 is 1.60. The quantitative estimate of drug-likeness (QED) is 0.505. The van der Waals surface area contributed by atoms with Gasteiger partial charge in [0.25, 0.3) is 5.91 Å². The van der Waals surface area contributed by atoms with Crippen LogP contribution in [0.15, 0.2) is 54.7 Å². The Hall–Kier alpha value is -3.79. The van der Waals surface area contributed by atoms with Crippen molar-refractivity contribution in [3.63, 3.8) is 0 Å². The Bertz CT molecular complexity index is 952. The molecule has 3 aromatic rings. The van der Waals surface area contributed by atoms with Crippen LogP contribution in [0.5, 0.6) is 0 Å². The highest BCUT2D eigenvalue weighted by atomic mass is 16.1. The number of carbonyl (C=O) groups excluding carboxylic acids is 1. The number of anilines is 3. The molecule has 0 saturated heterocycles. The van der Waals surface area contributed by atoms with Gasteiger partial charge in [0.2, 0.25) is 5.69 Å². The van der Waals surface area contributed by atoms with Gasteiger partial charge < -0.3 is 16.8 Å². The number of hydrogen-bond donors (Lipinski definition) is 3. The number of para-hydroxylation sites is 2. The Labute approximate surface area is 144 Å². The summed E-state index contributed by atoms with van der Waals surface area (Å²) in [6, 6.07) is 14.2. The molecule has 0 unspecified atom stereocenters. The molecule has 5 N–H and O–H groups in total. The van der Waals surface area contributed by atoms with E-state index in [1.54, 1.807) is 41.2 Å². The lowest BCUT2D eigenvalue weighted by Gasteiger charge is -2.08. The molecule has 1 amide bonds. The van der Waals surface area contributed by atoms with E-state index in [0.29, 0.717) is 29.2 Å². The van der Waals surface area contributed by atoms with Crippen molar-refractivity contribution < 1.29 is 4.79 Å². The molecule has 1 heterocycles. The molecule has 124 valence electrons. The summed E-state index contributed by atoms with van der Waals surface area (Å²) in [4.78, 5) is 15.6. The maximum atomic E-state index is 12.3. The van der Waals surface area contributed by atoms with E-state index >= 15 is 0 Å². The Kier molecular flexibility index (Phi) is 4.35. The highest BCUT2D eigenvalue weighted by Gasteiger charge is 2.09. The van der Waals surface area contributed by atoms with Gasteiger partial charge in [-0.3, -0.25) is 9.48 Å². The molecule has 0 aliphatic rings. The van der Waals surface area contributed by atoms with Crippen LogP contribution in [0, 0.1) is 6.57 Å². The van der Waals surface area contributed by atoms with E-state index in [9.17, 15) is 4.79 Å². The zero-order valence-electron chi connectivity index (χ0n) is 13.3. The maximum absolute atomic E-state index is 12.3. The molecule has 3 rings (SSSR count). The molecular formula is C18H16N6O. The highest BCUT2D eigenvalue weighted by molar-refractivity contribution is 6.05. The number of nitrogen functional groups attached to an aromatic ring is 2. The van der Waals surface area contributed by atoms with E-state index in [1.165, 1.54) is 0 Å². The van der Waals surface area contributed by atoms with E-state index in [1.807, 2.05) is 18.2 Å². The first-order chi connectivity index (χ1) is 12.1. The van der Waals surface area contributed by atoms with E-state index in [-0.39, 0.29) is 11.7 Å². The first kappa shape index (κ1) is 16.1. The van der Waals surface area contributed by atoms with E-state index in [2.05, 4.69) is 15.3 Å². The average Bonchev–Trinajstić information content (AvgIpc) is 2.97. The van der Waals surface area contributed by atoms with Gasteiger partial charge in [-0.15, -0.1) is 0 Å². The van der Waals surface area contributed by atoms with Gasteiger partial charge in [-0.05, 0) is 29.8 Å². The summed E-state index contributed by atoms with van der Waals surface area (Å²) in [6.07, 6.45) is 1.60. The van der Waals surface area contributed by atoms with Crippen molar-refractivity contribution in [1.82, 2.24) is 9.78 Å². The summed E-state index contributed by atoms with van der Waals surface area (Å²) in [7, 11) is 0. The predicted octanol–water partition coefficient (Wildman–Crippen LogP) is 2.90. The van der Waals surface area contributed by atoms with Crippen LogP contribution in [0.25, 0.3) is 4.85 Å². The molecule has 1 aromatic heterocycles. The van der Waals surface area contributed by atoms with E-state index < -0.39 is 0 Å². The molecule has 0 fully saturated rings. The van der Waals surface area contributed by atoms with E-state index in [0.717, 1.165) is 5.56 Å². The molecule has 0 aliphatic carbocycles. The molecule has 0 saturated carbocycles. The Balaban J connectivity index is 1.70. The smallest absolute Gasteiger partial charge is 0.255 e. The monoisotopic (exact) mass is 332 g/mol. The van der Waals surface area contributed by atoms with Crippen LogP contribution in [0.2, 0.25) is 0 Å². The van der Waals surface area contributed by atoms with Gasteiger partial charge in [-0.25, -0.2) is 4.85 Å². The number of amides is 1. The summed E-state index contributed by atoms with van der Waals surface area (Å²) in [5.74, 6) is -0.0190. The molecule has 0 bridgehead atoms. The summed E-state index contributed by atoms with van der Waals surface area (Å²) in [5, 5.41) is 6.87. The Morgan fingerprint density at radius 3 is 2.52 bits per heavy atom. The van der Waals surface area contributed by atoms with Crippen molar-refractivity contribution in [2.24, 2.45) is 0 Å². The van der Waals surface area contributed by atoms with Crippen LogP contribution in [-0.4, -0.2) is 15.7 Å². The summed E-state index contributed by atoms with van der Waals surface area (Å²) in [5.41, 5.74) is 14.4. The molecule has 0 aliphatic heterocycles. The first-order valence-electron chi connectivity index (χ1n) is 7.52. The molecular weight excluding hydrogens is 316 g/mol. The second-order valence-corrected chi connectivity index (χ2v) is 5.45. The number of nitrogens with one attached hydrogen (secondary N) is 1. The normalized spacial score (nSPS) is 10.2. The van der Waals surface area contributed by atoms with Crippen LogP contribution < -0.4 is 16.8 Å². The lowest BCUT2D eigenvalue weighted by molar-refractivity contribution is 0.102. The third kappa shape index (κ3) is 3.59. The maximum Gasteiger partial charge on any atom is 0.255 e. The third-order valence-corrected chi connectivity index (χ3v) is 3.66. The highest BCUT2D eigenvalue weighted by Crippen LogP contribution is 2.20. The summed E-state index contributed by atoms with van der Waals surface area (Å²) >= 11 is 0. The number of hydrogen-bond acceptors (Lipinski definition) is 4. The minimum atomic E-state index is -0.233. The second-order valence-electron chi connectivity index (χ2n) is 5.45. The van der Waals surface area contributed by atoms with Gasteiger partial charge in [0, 0.05) is 11.8 Å². The number of carbonyl (C=O) groups is 1. The molecule has 0 atom stereocenters. The van der Waals surface area contributed by atoms with Gasteiger partial charge >= 0.3 is 0 Å². The minimum Gasteiger partial charge on any atom is -0.397 e. The van der Waals surface area contributed by atoms with Crippen molar-refractivity contribution in [3.8, 4) is 0 Å². The van der Waals surface area contributed by atoms with E-state index in [4.69, 9.17) is 18.0 Å². The van der Waals surface area contributed by atoms with Gasteiger partial charge in [0.05, 0.1) is 24.5 Å². The summed E-state index contributed by atoms with van der Waals surface area (Å²) in [6.45, 7) is 7.46. The molecule has 0 spiro atoms. The van der Waals surface area contributed by atoms with Crippen LogP contribution in [0.3, 0.4) is 0 Å². The SMILES string of the molecule is [C-]#[N+]c1cn(Cc2ccc(C(=O)Nc3ccccc3N)cc2)nc1N. The third-order valence-electron chi connectivity index (χ3n) is 3.66. The van der Waals surface area contributed by atoms with Crippen molar-refractivity contribution in [2.45, 2.75) is 6.54 Å². The largest absolute Gasteiger partial charge is 0.397 e. The number of nitrogens with zero attached hydrogens (tertiary/aromatic N) is 3. The van der Waals surface area contributed by atoms with Gasteiger partial charge in [0.1, 0.15) is 0 Å². The number of aromatic nitrogens is 2. The minimum absolute atomic E-state index is 0.214.